The molecule has 0 aliphatic heterocycles. The summed E-state index contributed by atoms with van der Waals surface area (Å²) in [5, 5.41) is 24.2. The van der Waals surface area contributed by atoms with Crippen molar-refractivity contribution < 1.29 is 9.50 Å². The summed E-state index contributed by atoms with van der Waals surface area (Å²) in [6.45, 7) is 0.222. The number of hydrogen-bond donors (Lipinski definition) is 1. The third-order valence-corrected chi connectivity index (χ3v) is 5.43. The van der Waals surface area contributed by atoms with Gasteiger partial charge in [-0.3, -0.25) is 0 Å². The number of aromatic hydroxyl groups is 1. The van der Waals surface area contributed by atoms with Crippen LogP contribution in [0.25, 0.3) is 22.6 Å². The summed E-state index contributed by atoms with van der Waals surface area (Å²) in [6, 6.07) is 10.2. The third kappa shape index (κ3) is 3.20. The zero-order chi connectivity index (χ0) is 19.8. The lowest BCUT2D eigenvalue weighted by Gasteiger charge is -2.08. The van der Waals surface area contributed by atoms with Crippen LogP contribution >= 0.6 is 0 Å². The van der Waals surface area contributed by atoms with Gasteiger partial charge in [0.05, 0.1) is 11.9 Å². The maximum absolute atomic E-state index is 14.1. The standard InChI is InChI=1S/C21H19FN6O/c22-16-10-4-3-8-14(16)12-28-20-15(9-5-11-23-20)18(27-28)19-24-21(29)17(25-26-19)13-6-1-2-7-13/h3-5,8-11,13H,1-2,6-7,12H2,(H,24,26,29). The second kappa shape index (κ2) is 7.20. The minimum Gasteiger partial charge on any atom is -0.492 e. The lowest BCUT2D eigenvalue weighted by Crippen LogP contribution is -2.06. The normalized spacial score (nSPS) is 14.7. The Labute approximate surface area is 166 Å². The van der Waals surface area contributed by atoms with Crippen molar-refractivity contribution in [2.45, 2.75) is 38.1 Å². The fourth-order valence-electron chi connectivity index (χ4n) is 3.96. The van der Waals surface area contributed by atoms with Gasteiger partial charge in [-0.05, 0) is 31.0 Å². The fourth-order valence-corrected chi connectivity index (χ4v) is 3.96. The summed E-state index contributed by atoms with van der Waals surface area (Å²) >= 11 is 0. The highest BCUT2D eigenvalue weighted by molar-refractivity contribution is 5.89. The number of benzene rings is 1. The van der Waals surface area contributed by atoms with Crippen LogP contribution in [-0.2, 0) is 6.54 Å². The lowest BCUT2D eigenvalue weighted by molar-refractivity contribution is 0.429. The van der Waals surface area contributed by atoms with Crippen LogP contribution in [0.3, 0.4) is 0 Å². The first-order chi connectivity index (χ1) is 14.2. The highest BCUT2D eigenvalue weighted by Crippen LogP contribution is 2.36. The Balaban J connectivity index is 1.57. The molecule has 1 fully saturated rings. The second-order valence-corrected chi connectivity index (χ2v) is 7.30. The van der Waals surface area contributed by atoms with Crippen LogP contribution in [0.2, 0.25) is 0 Å². The van der Waals surface area contributed by atoms with Crippen molar-refractivity contribution in [2.24, 2.45) is 0 Å². The van der Waals surface area contributed by atoms with Crippen LogP contribution in [0.4, 0.5) is 4.39 Å². The molecule has 1 aliphatic carbocycles. The average molecular weight is 390 g/mol. The van der Waals surface area contributed by atoms with E-state index in [0.29, 0.717) is 22.6 Å². The van der Waals surface area contributed by atoms with Crippen LogP contribution in [0.1, 0.15) is 42.9 Å². The Kier molecular flexibility index (Phi) is 4.38. The van der Waals surface area contributed by atoms with Crippen molar-refractivity contribution in [3.05, 3.63) is 59.7 Å². The van der Waals surface area contributed by atoms with E-state index in [9.17, 15) is 9.50 Å². The molecule has 1 aliphatic rings. The van der Waals surface area contributed by atoms with E-state index in [1.807, 2.05) is 6.07 Å². The Morgan fingerprint density at radius 2 is 1.90 bits per heavy atom. The highest BCUT2D eigenvalue weighted by Gasteiger charge is 2.25. The molecule has 7 nitrogen and oxygen atoms in total. The van der Waals surface area contributed by atoms with Gasteiger partial charge >= 0.3 is 0 Å². The van der Waals surface area contributed by atoms with Gasteiger partial charge in [0.1, 0.15) is 17.2 Å². The van der Waals surface area contributed by atoms with E-state index in [1.54, 1.807) is 35.1 Å². The number of pyridine rings is 1. The molecule has 1 saturated carbocycles. The number of hydrogen-bond acceptors (Lipinski definition) is 6. The van der Waals surface area contributed by atoms with Crippen LogP contribution < -0.4 is 0 Å². The minimum atomic E-state index is -0.301. The Hall–Kier alpha value is -3.42. The first-order valence-electron chi connectivity index (χ1n) is 9.69. The van der Waals surface area contributed by atoms with Gasteiger partial charge in [-0.1, -0.05) is 31.0 Å². The molecule has 0 unspecified atom stereocenters. The monoisotopic (exact) mass is 390 g/mol. The predicted octanol–water partition coefficient (Wildman–Crippen LogP) is 3.83. The van der Waals surface area contributed by atoms with Crippen molar-refractivity contribution >= 4 is 11.0 Å². The van der Waals surface area contributed by atoms with E-state index in [2.05, 4.69) is 25.3 Å². The zero-order valence-electron chi connectivity index (χ0n) is 15.7. The van der Waals surface area contributed by atoms with E-state index in [1.165, 1.54) is 6.07 Å². The quantitative estimate of drug-likeness (QED) is 0.570. The van der Waals surface area contributed by atoms with Gasteiger partial charge in [0, 0.05) is 17.7 Å². The number of halogens is 1. The Morgan fingerprint density at radius 1 is 1.07 bits per heavy atom. The molecule has 0 atom stereocenters. The van der Waals surface area contributed by atoms with Crippen molar-refractivity contribution in [3.63, 3.8) is 0 Å². The topological polar surface area (TPSA) is 89.6 Å². The van der Waals surface area contributed by atoms with Crippen LogP contribution in [-0.4, -0.2) is 35.1 Å². The van der Waals surface area contributed by atoms with E-state index in [4.69, 9.17) is 0 Å². The zero-order valence-corrected chi connectivity index (χ0v) is 15.7. The highest BCUT2D eigenvalue weighted by atomic mass is 19.1. The number of aromatic nitrogens is 6. The smallest absolute Gasteiger partial charge is 0.237 e. The minimum absolute atomic E-state index is 0.0948. The summed E-state index contributed by atoms with van der Waals surface area (Å²) in [5.41, 5.74) is 2.12. The predicted molar refractivity (Wildman–Crippen MR) is 105 cm³/mol. The summed E-state index contributed by atoms with van der Waals surface area (Å²) in [5.74, 6) is 0.0447. The van der Waals surface area contributed by atoms with Crippen LogP contribution in [0.5, 0.6) is 5.88 Å². The molecular formula is C21H19FN6O. The molecule has 0 spiro atoms. The molecule has 146 valence electrons. The van der Waals surface area contributed by atoms with Gasteiger partial charge in [-0.25, -0.2) is 14.1 Å². The molecule has 4 aromatic rings. The van der Waals surface area contributed by atoms with E-state index >= 15 is 0 Å². The molecule has 8 heteroatoms. The summed E-state index contributed by atoms with van der Waals surface area (Å²) in [4.78, 5) is 8.68. The molecule has 5 rings (SSSR count). The van der Waals surface area contributed by atoms with E-state index < -0.39 is 0 Å². The van der Waals surface area contributed by atoms with Gasteiger partial charge in [-0.15, -0.1) is 10.2 Å². The molecule has 1 N–H and O–H groups in total. The Morgan fingerprint density at radius 3 is 2.69 bits per heavy atom. The molecular weight excluding hydrogens is 371 g/mol. The largest absolute Gasteiger partial charge is 0.492 e. The number of rotatable bonds is 4. The first-order valence-corrected chi connectivity index (χ1v) is 9.69. The number of nitrogens with zero attached hydrogens (tertiary/aromatic N) is 6. The van der Waals surface area contributed by atoms with Crippen molar-refractivity contribution in [1.29, 1.82) is 0 Å². The average Bonchev–Trinajstić information content (AvgIpc) is 3.38. The van der Waals surface area contributed by atoms with Crippen LogP contribution in [0, 0.1) is 5.82 Å². The maximum Gasteiger partial charge on any atom is 0.237 e. The van der Waals surface area contributed by atoms with Crippen molar-refractivity contribution in [2.75, 3.05) is 0 Å². The summed E-state index contributed by atoms with van der Waals surface area (Å²) in [6.07, 6.45) is 5.90. The summed E-state index contributed by atoms with van der Waals surface area (Å²) in [7, 11) is 0. The Bertz CT molecular complexity index is 1180. The maximum atomic E-state index is 14.1. The van der Waals surface area contributed by atoms with E-state index in [0.717, 1.165) is 31.1 Å². The molecule has 0 bridgehead atoms. The van der Waals surface area contributed by atoms with Crippen molar-refractivity contribution in [3.8, 4) is 17.4 Å². The van der Waals surface area contributed by atoms with Gasteiger partial charge in [0.2, 0.25) is 11.7 Å². The molecule has 29 heavy (non-hydrogen) atoms. The molecule has 0 amide bonds. The lowest BCUT2D eigenvalue weighted by atomic mass is 10.0. The first kappa shape index (κ1) is 17.7. The molecule has 3 aromatic heterocycles. The van der Waals surface area contributed by atoms with Gasteiger partial charge in [0.15, 0.2) is 5.65 Å². The molecule has 3 heterocycles. The van der Waals surface area contributed by atoms with Gasteiger partial charge in [-0.2, -0.15) is 10.1 Å². The van der Waals surface area contributed by atoms with Gasteiger partial charge in [0.25, 0.3) is 0 Å². The fraction of sp³-hybridized carbons (Fsp3) is 0.286. The SMILES string of the molecule is Oc1nc(-c2nn(Cc3ccccc3F)c3ncccc23)nnc1C1CCCC1. The van der Waals surface area contributed by atoms with Gasteiger partial charge < -0.3 is 5.11 Å². The second-order valence-electron chi connectivity index (χ2n) is 7.30. The van der Waals surface area contributed by atoms with Crippen molar-refractivity contribution in [1.82, 2.24) is 29.9 Å². The molecule has 1 aromatic carbocycles. The third-order valence-electron chi connectivity index (χ3n) is 5.43. The van der Waals surface area contributed by atoms with Crippen LogP contribution in [0.15, 0.2) is 42.6 Å². The molecule has 0 radical (unpaired) electrons. The summed E-state index contributed by atoms with van der Waals surface area (Å²) < 4.78 is 15.7. The number of fused-ring (bicyclic) bond motifs is 1. The van der Waals surface area contributed by atoms with E-state index in [-0.39, 0.29) is 30.0 Å². The molecule has 0 saturated heterocycles.